The first-order valence-electron chi connectivity index (χ1n) is 6.51. The minimum absolute atomic E-state index is 0.0602. The molecule has 0 radical (unpaired) electrons. The van der Waals surface area contributed by atoms with Gasteiger partial charge in [0.25, 0.3) is 5.69 Å². The van der Waals surface area contributed by atoms with E-state index < -0.39 is 4.92 Å². The molecular weight excluding hydrogens is 300 g/mol. The molecular formula is C15H12N4O2S. The van der Waals surface area contributed by atoms with E-state index in [1.165, 1.54) is 12.1 Å². The van der Waals surface area contributed by atoms with Crippen LogP contribution in [0.3, 0.4) is 0 Å². The molecule has 3 aromatic rings. The van der Waals surface area contributed by atoms with Crippen molar-refractivity contribution in [3.8, 4) is 0 Å². The van der Waals surface area contributed by atoms with E-state index in [1.54, 1.807) is 29.7 Å². The summed E-state index contributed by atoms with van der Waals surface area (Å²) in [7, 11) is 1.94. The number of benzene rings is 2. The maximum atomic E-state index is 10.6. The molecule has 0 aliphatic carbocycles. The molecule has 0 aliphatic heterocycles. The molecule has 0 saturated heterocycles. The lowest BCUT2D eigenvalue weighted by Gasteiger charge is -1.93. The number of aryl methyl sites for hydroxylation is 1. The zero-order valence-corrected chi connectivity index (χ0v) is 12.5. The van der Waals surface area contributed by atoms with Gasteiger partial charge in [-0.05, 0) is 29.8 Å². The normalized spacial score (nSPS) is 12.3. The second-order valence-electron chi connectivity index (χ2n) is 4.60. The van der Waals surface area contributed by atoms with E-state index in [0.29, 0.717) is 0 Å². The number of nitro benzene ring substituents is 1. The van der Waals surface area contributed by atoms with E-state index >= 15 is 0 Å². The number of nitro groups is 1. The molecule has 0 fully saturated rings. The lowest BCUT2D eigenvalue weighted by Crippen LogP contribution is -2.08. The van der Waals surface area contributed by atoms with Crippen LogP contribution in [0.15, 0.2) is 58.7 Å². The Kier molecular flexibility index (Phi) is 3.80. The molecule has 1 aromatic heterocycles. The van der Waals surface area contributed by atoms with Crippen LogP contribution in [0.2, 0.25) is 0 Å². The minimum Gasteiger partial charge on any atom is -0.318 e. The van der Waals surface area contributed by atoms with Gasteiger partial charge < -0.3 is 4.57 Å². The Balaban J connectivity index is 1.88. The second-order valence-corrected chi connectivity index (χ2v) is 5.61. The number of rotatable bonds is 3. The number of para-hydroxylation sites is 1. The zero-order valence-electron chi connectivity index (χ0n) is 11.7. The predicted octanol–water partition coefficient (Wildman–Crippen LogP) is 3.08. The molecule has 0 N–H and O–H groups in total. The average molecular weight is 312 g/mol. The number of non-ortho nitro benzene ring substituents is 1. The van der Waals surface area contributed by atoms with Crippen molar-refractivity contribution in [3.63, 3.8) is 0 Å². The number of aromatic nitrogens is 1. The van der Waals surface area contributed by atoms with Gasteiger partial charge in [-0.3, -0.25) is 10.1 Å². The zero-order chi connectivity index (χ0) is 15.5. The van der Waals surface area contributed by atoms with Crippen molar-refractivity contribution in [1.29, 1.82) is 0 Å². The predicted molar refractivity (Wildman–Crippen MR) is 87.0 cm³/mol. The van der Waals surface area contributed by atoms with Gasteiger partial charge in [0.15, 0.2) is 0 Å². The van der Waals surface area contributed by atoms with Crippen LogP contribution in [0.5, 0.6) is 0 Å². The highest BCUT2D eigenvalue weighted by Gasteiger charge is 2.02. The van der Waals surface area contributed by atoms with E-state index in [2.05, 4.69) is 10.2 Å². The average Bonchev–Trinajstić information content (AvgIpc) is 2.85. The summed E-state index contributed by atoms with van der Waals surface area (Å²) in [5, 5.41) is 18.9. The van der Waals surface area contributed by atoms with Crippen molar-refractivity contribution >= 4 is 33.5 Å². The Morgan fingerprint density at radius 1 is 1.18 bits per heavy atom. The van der Waals surface area contributed by atoms with Crippen molar-refractivity contribution in [1.82, 2.24) is 4.57 Å². The summed E-state index contributed by atoms with van der Waals surface area (Å²) in [5.41, 5.74) is 1.93. The summed E-state index contributed by atoms with van der Waals surface area (Å²) in [4.78, 5) is 10.9. The Bertz CT molecular complexity index is 923. The molecule has 0 spiro atoms. The van der Waals surface area contributed by atoms with E-state index in [0.717, 1.165) is 20.6 Å². The smallest absolute Gasteiger partial charge is 0.269 e. The maximum Gasteiger partial charge on any atom is 0.269 e. The summed E-state index contributed by atoms with van der Waals surface area (Å²) < 4.78 is 3.13. The Morgan fingerprint density at radius 3 is 2.59 bits per heavy atom. The SMILES string of the molecule is Cn1/c(=N/N=C/c2ccc([N+](=O)[O-])cc2)sc2ccccc21. The van der Waals surface area contributed by atoms with Gasteiger partial charge in [0, 0.05) is 19.2 Å². The minimum atomic E-state index is -0.428. The van der Waals surface area contributed by atoms with Crippen molar-refractivity contribution in [2.24, 2.45) is 17.3 Å². The molecule has 110 valence electrons. The molecule has 0 unspecified atom stereocenters. The van der Waals surface area contributed by atoms with Crippen molar-refractivity contribution < 1.29 is 4.92 Å². The van der Waals surface area contributed by atoms with Crippen LogP contribution in [0.4, 0.5) is 5.69 Å². The highest BCUT2D eigenvalue weighted by atomic mass is 32.1. The molecule has 2 aromatic carbocycles. The monoisotopic (exact) mass is 312 g/mol. The summed E-state index contributed by atoms with van der Waals surface area (Å²) in [6.07, 6.45) is 1.58. The molecule has 0 bridgehead atoms. The molecule has 0 atom stereocenters. The molecule has 3 rings (SSSR count). The van der Waals surface area contributed by atoms with E-state index in [9.17, 15) is 10.1 Å². The lowest BCUT2D eigenvalue weighted by molar-refractivity contribution is -0.384. The van der Waals surface area contributed by atoms with Crippen LogP contribution in [0.25, 0.3) is 10.2 Å². The second kappa shape index (κ2) is 5.90. The Morgan fingerprint density at radius 2 is 1.91 bits per heavy atom. The van der Waals surface area contributed by atoms with E-state index in [1.807, 2.05) is 35.9 Å². The van der Waals surface area contributed by atoms with E-state index in [4.69, 9.17) is 0 Å². The van der Waals surface area contributed by atoms with Crippen molar-refractivity contribution in [2.75, 3.05) is 0 Å². The lowest BCUT2D eigenvalue weighted by atomic mass is 10.2. The number of hydrogen-bond donors (Lipinski definition) is 0. The highest BCUT2D eigenvalue weighted by molar-refractivity contribution is 7.16. The van der Waals surface area contributed by atoms with Gasteiger partial charge in [-0.25, -0.2) is 0 Å². The van der Waals surface area contributed by atoms with Gasteiger partial charge in [-0.2, -0.15) is 5.10 Å². The first-order valence-corrected chi connectivity index (χ1v) is 7.33. The molecule has 0 saturated carbocycles. The fraction of sp³-hybridized carbons (Fsp3) is 0.0667. The summed E-state index contributed by atoms with van der Waals surface area (Å²) in [6.45, 7) is 0. The Labute approximate surface area is 129 Å². The summed E-state index contributed by atoms with van der Waals surface area (Å²) in [6, 6.07) is 14.2. The number of thiazole rings is 1. The van der Waals surface area contributed by atoms with Gasteiger partial charge in [0.05, 0.1) is 21.4 Å². The van der Waals surface area contributed by atoms with Crippen LogP contribution in [-0.4, -0.2) is 15.7 Å². The number of fused-ring (bicyclic) bond motifs is 1. The fourth-order valence-electron chi connectivity index (χ4n) is 2.00. The van der Waals surface area contributed by atoms with Crippen LogP contribution in [0, 0.1) is 10.1 Å². The third kappa shape index (κ3) is 2.79. The van der Waals surface area contributed by atoms with E-state index in [-0.39, 0.29) is 5.69 Å². The molecule has 22 heavy (non-hydrogen) atoms. The number of hydrogen-bond acceptors (Lipinski definition) is 5. The van der Waals surface area contributed by atoms with Gasteiger partial charge >= 0.3 is 0 Å². The molecule has 0 aliphatic rings. The maximum absolute atomic E-state index is 10.6. The van der Waals surface area contributed by atoms with Crippen molar-refractivity contribution in [3.05, 3.63) is 69.0 Å². The molecule has 1 heterocycles. The fourth-order valence-corrected chi connectivity index (χ4v) is 2.98. The van der Waals surface area contributed by atoms with Crippen LogP contribution >= 0.6 is 11.3 Å². The molecule has 6 nitrogen and oxygen atoms in total. The molecule has 0 amide bonds. The van der Waals surface area contributed by atoms with Gasteiger partial charge in [-0.15, -0.1) is 5.10 Å². The molecule has 7 heteroatoms. The topological polar surface area (TPSA) is 72.8 Å². The highest BCUT2D eigenvalue weighted by Crippen LogP contribution is 2.15. The number of nitrogens with zero attached hydrogens (tertiary/aromatic N) is 4. The Hall–Kier alpha value is -2.80. The van der Waals surface area contributed by atoms with Crippen LogP contribution < -0.4 is 4.80 Å². The standard InChI is InChI=1S/C15H12N4O2S/c1-18-13-4-2-3-5-14(13)22-15(18)17-16-10-11-6-8-12(9-7-11)19(20)21/h2-10H,1H3/b16-10+,17-15-. The van der Waals surface area contributed by atoms with Gasteiger partial charge in [0.1, 0.15) is 0 Å². The van der Waals surface area contributed by atoms with Gasteiger partial charge in [-0.1, -0.05) is 23.5 Å². The summed E-state index contributed by atoms with van der Waals surface area (Å²) >= 11 is 1.56. The third-order valence-electron chi connectivity index (χ3n) is 3.17. The van der Waals surface area contributed by atoms with Gasteiger partial charge in [0.2, 0.25) is 4.80 Å². The van der Waals surface area contributed by atoms with Crippen LogP contribution in [0.1, 0.15) is 5.56 Å². The largest absolute Gasteiger partial charge is 0.318 e. The summed E-state index contributed by atoms with van der Waals surface area (Å²) in [5.74, 6) is 0. The first-order chi connectivity index (χ1) is 10.6. The van der Waals surface area contributed by atoms with Crippen LogP contribution in [-0.2, 0) is 7.05 Å². The quantitative estimate of drug-likeness (QED) is 0.423. The third-order valence-corrected chi connectivity index (χ3v) is 4.27. The first kappa shape index (κ1) is 14.2. The van der Waals surface area contributed by atoms with Crippen molar-refractivity contribution in [2.45, 2.75) is 0 Å².